The van der Waals surface area contributed by atoms with Crippen LogP contribution in [-0.2, 0) is 0 Å². The zero-order valence-electron chi connectivity index (χ0n) is 8.00. The van der Waals surface area contributed by atoms with E-state index in [1.165, 1.54) is 25.8 Å². The highest BCUT2D eigenvalue weighted by Crippen LogP contribution is 2.20. The van der Waals surface area contributed by atoms with Crippen molar-refractivity contribution in [2.24, 2.45) is 0 Å². The van der Waals surface area contributed by atoms with Gasteiger partial charge in [-0.25, -0.2) is 0 Å². The number of rotatable bonds is 2. The predicted molar refractivity (Wildman–Crippen MR) is 51.2 cm³/mol. The fourth-order valence-electron chi connectivity index (χ4n) is 2.43. The van der Waals surface area contributed by atoms with Crippen molar-refractivity contribution < 1.29 is 0 Å². The molecular weight excluding hydrogens is 162 g/mol. The lowest BCUT2D eigenvalue weighted by molar-refractivity contribution is 0.264. The summed E-state index contributed by atoms with van der Waals surface area (Å²) in [5.41, 5.74) is 0. The van der Waals surface area contributed by atoms with Gasteiger partial charge in [-0.15, -0.1) is 0 Å². The minimum absolute atomic E-state index is 0.678. The monoisotopic (exact) mass is 179 g/mol. The van der Waals surface area contributed by atoms with Crippen LogP contribution in [0.2, 0.25) is 0 Å². The average molecular weight is 179 g/mol. The summed E-state index contributed by atoms with van der Waals surface area (Å²) in [5.74, 6) is 0. The molecule has 0 saturated carbocycles. The van der Waals surface area contributed by atoms with Crippen LogP contribution >= 0.6 is 0 Å². The summed E-state index contributed by atoms with van der Waals surface area (Å²) in [5, 5.41) is 12.1. The van der Waals surface area contributed by atoms with Crippen molar-refractivity contribution in [3.05, 3.63) is 0 Å². The largest absolute Gasteiger partial charge is 0.310 e. The molecule has 0 radical (unpaired) electrons. The Morgan fingerprint density at radius 1 is 1.31 bits per heavy atom. The second-order valence-corrected chi connectivity index (χ2v) is 4.14. The van der Waals surface area contributed by atoms with Gasteiger partial charge in [-0.2, -0.15) is 5.26 Å². The van der Waals surface area contributed by atoms with Gasteiger partial charge in [0, 0.05) is 31.6 Å². The third kappa shape index (κ3) is 2.20. The third-order valence-corrected chi connectivity index (χ3v) is 3.15. The van der Waals surface area contributed by atoms with Gasteiger partial charge in [0.25, 0.3) is 0 Å². The Bertz CT molecular complexity index is 209. The maximum Gasteiger partial charge on any atom is 0.0635 e. The molecule has 0 amide bonds. The number of hydrogen-bond donors (Lipinski definition) is 1. The minimum atomic E-state index is 0.678. The van der Waals surface area contributed by atoms with Crippen LogP contribution in [0.15, 0.2) is 0 Å². The van der Waals surface area contributed by atoms with Crippen LogP contribution < -0.4 is 5.32 Å². The van der Waals surface area contributed by atoms with E-state index in [0.29, 0.717) is 12.5 Å². The molecule has 2 aliphatic rings. The summed E-state index contributed by atoms with van der Waals surface area (Å²) < 4.78 is 0. The molecular formula is C10H17N3. The molecule has 0 aromatic carbocycles. The first-order chi connectivity index (χ1) is 6.38. The molecule has 2 rings (SSSR count). The van der Waals surface area contributed by atoms with Gasteiger partial charge < -0.3 is 10.2 Å². The van der Waals surface area contributed by atoms with Gasteiger partial charge in [0.2, 0.25) is 0 Å². The number of nitriles is 1. The first kappa shape index (κ1) is 8.98. The van der Waals surface area contributed by atoms with Crippen molar-refractivity contribution in [2.45, 2.75) is 37.8 Å². The topological polar surface area (TPSA) is 39.1 Å². The standard InChI is InChI=1S/C10H17N3/c11-5-1-6-13-7-4-9-2-3-10(8-13)12-9/h9-10,12H,1-4,6-8H2. The van der Waals surface area contributed by atoms with Crippen LogP contribution in [-0.4, -0.2) is 36.6 Å². The van der Waals surface area contributed by atoms with Gasteiger partial charge in [0.15, 0.2) is 0 Å². The minimum Gasteiger partial charge on any atom is -0.310 e. The van der Waals surface area contributed by atoms with Gasteiger partial charge >= 0.3 is 0 Å². The van der Waals surface area contributed by atoms with E-state index < -0.39 is 0 Å². The van der Waals surface area contributed by atoms with E-state index in [-0.39, 0.29) is 0 Å². The Morgan fingerprint density at radius 3 is 3.00 bits per heavy atom. The fourth-order valence-corrected chi connectivity index (χ4v) is 2.43. The average Bonchev–Trinajstić information content (AvgIpc) is 2.45. The van der Waals surface area contributed by atoms with Gasteiger partial charge in [-0.05, 0) is 25.8 Å². The lowest BCUT2D eigenvalue weighted by Crippen LogP contribution is -2.35. The van der Waals surface area contributed by atoms with Crippen molar-refractivity contribution in [3.63, 3.8) is 0 Å². The normalized spacial score (nSPS) is 34.1. The first-order valence-electron chi connectivity index (χ1n) is 5.24. The Morgan fingerprint density at radius 2 is 2.15 bits per heavy atom. The lowest BCUT2D eigenvalue weighted by Gasteiger charge is -2.22. The SMILES string of the molecule is N#CCCN1CCC2CCC(C1)N2. The van der Waals surface area contributed by atoms with Crippen LogP contribution in [0.3, 0.4) is 0 Å². The zero-order chi connectivity index (χ0) is 9.10. The van der Waals surface area contributed by atoms with Crippen molar-refractivity contribution in [3.8, 4) is 6.07 Å². The molecule has 3 nitrogen and oxygen atoms in total. The van der Waals surface area contributed by atoms with Gasteiger partial charge in [0.05, 0.1) is 6.07 Å². The Balaban J connectivity index is 1.83. The van der Waals surface area contributed by atoms with Crippen molar-refractivity contribution in [1.29, 1.82) is 5.26 Å². The van der Waals surface area contributed by atoms with Crippen molar-refractivity contribution in [1.82, 2.24) is 10.2 Å². The highest BCUT2D eigenvalue weighted by Gasteiger charge is 2.28. The van der Waals surface area contributed by atoms with E-state index in [9.17, 15) is 0 Å². The molecule has 0 aliphatic carbocycles. The molecule has 72 valence electrons. The number of likely N-dealkylation sites (tertiary alicyclic amines) is 1. The predicted octanol–water partition coefficient (Wildman–Crippen LogP) is 0.726. The second-order valence-electron chi connectivity index (χ2n) is 4.14. The van der Waals surface area contributed by atoms with Crippen molar-refractivity contribution in [2.75, 3.05) is 19.6 Å². The van der Waals surface area contributed by atoms with E-state index in [1.807, 2.05) is 0 Å². The van der Waals surface area contributed by atoms with Gasteiger partial charge in [-0.1, -0.05) is 0 Å². The van der Waals surface area contributed by atoms with Gasteiger partial charge in [0.1, 0.15) is 0 Å². The summed E-state index contributed by atoms with van der Waals surface area (Å²) in [7, 11) is 0. The van der Waals surface area contributed by atoms with E-state index in [2.05, 4.69) is 16.3 Å². The number of hydrogen-bond acceptors (Lipinski definition) is 3. The summed E-state index contributed by atoms with van der Waals surface area (Å²) in [6.07, 6.45) is 4.63. The Hall–Kier alpha value is -0.590. The molecule has 2 bridgehead atoms. The maximum absolute atomic E-state index is 8.51. The molecule has 2 fully saturated rings. The summed E-state index contributed by atoms with van der Waals surface area (Å²) >= 11 is 0. The third-order valence-electron chi connectivity index (χ3n) is 3.15. The second kappa shape index (κ2) is 4.08. The molecule has 3 heteroatoms. The summed E-state index contributed by atoms with van der Waals surface area (Å²) in [6, 6.07) is 3.68. The van der Waals surface area contributed by atoms with Crippen molar-refractivity contribution >= 4 is 0 Å². The van der Waals surface area contributed by atoms with E-state index >= 15 is 0 Å². The molecule has 1 N–H and O–H groups in total. The van der Waals surface area contributed by atoms with E-state index in [1.54, 1.807) is 0 Å². The molecule has 2 saturated heterocycles. The van der Waals surface area contributed by atoms with E-state index in [4.69, 9.17) is 5.26 Å². The highest BCUT2D eigenvalue weighted by molar-refractivity contribution is 4.90. The van der Waals surface area contributed by atoms with Crippen LogP contribution in [0, 0.1) is 11.3 Å². The molecule has 0 aromatic heterocycles. The molecule has 2 unspecified atom stereocenters. The fraction of sp³-hybridized carbons (Fsp3) is 0.900. The lowest BCUT2D eigenvalue weighted by atomic mass is 10.1. The number of nitrogens with one attached hydrogen (secondary N) is 1. The molecule has 2 aliphatic heterocycles. The number of fused-ring (bicyclic) bond motifs is 2. The molecule has 0 aromatic rings. The van der Waals surface area contributed by atoms with Crippen LogP contribution in [0.5, 0.6) is 0 Å². The summed E-state index contributed by atoms with van der Waals surface area (Å²) in [4.78, 5) is 2.43. The van der Waals surface area contributed by atoms with Gasteiger partial charge in [-0.3, -0.25) is 0 Å². The van der Waals surface area contributed by atoms with Crippen LogP contribution in [0.1, 0.15) is 25.7 Å². The highest BCUT2D eigenvalue weighted by atomic mass is 15.2. The van der Waals surface area contributed by atoms with E-state index in [0.717, 1.165) is 19.1 Å². The Labute approximate surface area is 79.7 Å². The summed E-state index contributed by atoms with van der Waals surface area (Å²) in [6.45, 7) is 3.29. The van der Waals surface area contributed by atoms with Crippen LogP contribution in [0.25, 0.3) is 0 Å². The number of nitrogens with zero attached hydrogens (tertiary/aromatic N) is 2. The zero-order valence-corrected chi connectivity index (χ0v) is 8.00. The first-order valence-corrected chi connectivity index (χ1v) is 5.24. The quantitative estimate of drug-likeness (QED) is 0.679. The van der Waals surface area contributed by atoms with Crippen LogP contribution in [0.4, 0.5) is 0 Å². The smallest absolute Gasteiger partial charge is 0.0635 e. The maximum atomic E-state index is 8.51. The Kier molecular flexibility index (Phi) is 2.82. The molecule has 13 heavy (non-hydrogen) atoms. The molecule has 2 heterocycles. The molecule has 2 atom stereocenters. The molecule has 0 spiro atoms.